The van der Waals surface area contributed by atoms with E-state index >= 15 is 0 Å². The number of aromatic nitrogens is 1. The number of rotatable bonds is 2. The smallest absolute Gasteiger partial charge is 0.221 e. The van der Waals surface area contributed by atoms with E-state index in [0.717, 1.165) is 11.3 Å². The third-order valence-corrected chi connectivity index (χ3v) is 2.23. The summed E-state index contributed by atoms with van der Waals surface area (Å²) < 4.78 is 5.66. The first kappa shape index (κ1) is 9.97. The summed E-state index contributed by atoms with van der Waals surface area (Å²) in [5.41, 5.74) is 1.25. The first-order valence-electron chi connectivity index (χ1n) is 5.19. The Morgan fingerprint density at radius 2 is 2.00 bits per heavy atom. The van der Waals surface area contributed by atoms with Crippen LogP contribution in [0, 0.1) is 6.92 Å². The molecule has 0 fully saturated rings. The van der Waals surface area contributed by atoms with Gasteiger partial charge in [-0.1, -0.05) is 17.7 Å². The molecule has 0 saturated carbocycles. The van der Waals surface area contributed by atoms with E-state index in [1.165, 1.54) is 10.9 Å². The molecule has 1 heterocycles. The molecule has 2 heteroatoms. The number of hydrogen-bond acceptors (Lipinski definition) is 2. The highest BCUT2D eigenvalue weighted by molar-refractivity contribution is 5.87. The Hall–Kier alpha value is -1.57. The lowest BCUT2D eigenvalue weighted by atomic mass is 10.1. The number of fused-ring (bicyclic) bond motifs is 1. The molecule has 2 rings (SSSR count). The summed E-state index contributed by atoms with van der Waals surface area (Å²) in [6, 6.07) is 8.30. The number of nitrogens with zero attached hydrogens (tertiary/aromatic N) is 1. The molecule has 1 aromatic heterocycles. The van der Waals surface area contributed by atoms with Gasteiger partial charge in [0.1, 0.15) is 0 Å². The molecule has 0 aliphatic rings. The highest BCUT2D eigenvalue weighted by Gasteiger charge is 2.04. The molecule has 0 radical (unpaired) electrons. The Morgan fingerprint density at radius 1 is 1.20 bits per heavy atom. The minimum absolute atomic E-state index is 0.157. The Kier molecular flexibility index (Phi) is 2.58. The van der Waals surface area contributed by atoms with Crippen LogP contribution in [0.25, 0.3) is 10.8 Å². The molecule has 15 heavy (non-hydrogen) atoms. The van der Waals surface area contributed by atoms with Crippen LogP contribution in [0.3, 0.4) is 0 Å². The van der Waals surface area contributed by atoms with Gasteiger partial charge in [0.15, 0.2) is 0 Å². The molecule has 2 nitrogen and oxygen atoms in total. The topological polar surface area (TPSA) is 22.1 Å². The molecule has 0 aliphatic carbocycles. The molecule has 0 saturated heterocycles. The molecule has 0 amide bonds. The standard InChI is InChI=1S/C13H15NO/c1-9(2)15-13-12-5-4-10(3)8-11(12)6-7-14-13/h4-9H,1-3H3. The van der Waals surface area contributed by atoms with Crippen LogP contribution in [-0.2, 0) is 0 Å². The lowest BCUT2D eigenvalue weighted by Gasteiger charge is -2.11. The minimum atomic E-state index is 0.157. The van der Waals surface area contributed by atoms with Crippen LogP contribution < -0.4 is 4.74 Å². The van der Waals surface area contributed by atoms with E-state index in [4.69, 9.17) is 4.74 Å². The van der Waals surface area contributed by atoms with E-state index in [2.05, 4.69) is 30.1 Å². The third kappa shape index (κ3) is 2.09. The van der Waals surface area contributed by atoms with Crippen LogP contribution in [0.15, 0.2) is 30.5 Å². The van der Waals surface area contributed by atoms with Gasteiger partial charge in [0, 0.05) is 11.6 Å². The largest absolute Gasteiger partial charge is 0.475 e. The monoisotopic (exact) mass is 201 g/mol. The van der Waals surface area contributed by atoms with Gasteiger partial charge in [0.05, 0.1) is 6.10 Å². The van der Waals surface area contributed by atoms with Crippen LogP contribution in [0.5, 0.6) is 5.88 Å². The van der Waals surface area contributed by atoms with Gasteiger partial charge >= 0.3 is 0 Å². The molecule has 0 spiro atoms. The quantitative estimate of drug-likeness (QED) is 0.743. The first-order chi connectivity index (χ1) is 7.16. The molecule has 2 aromatic rings. The van der Waals surface area contributed by atoms with Crippen molar-refractivity contribution in [2.45, 2.75) is 26.9 Å². The van der Waals surface area contributed by atoms with Crippen LogP contribution in [0.2, 0.25) is 0 Å². The molecular weight excluding hydrogens is 186 g/mol. The molecule has 0 unspecified atom stereocenters. The van der Waals surface area contributed by atoms with Gasteiger partial charge in [0.25, 0.3) is 0 Å². The van der Waals surface area contributed by atoms with Crippen molar-refractivity contribution in [3.05, 3.63) is 36.0 Å². The average Bonchev–Trinajstić information content (AvgIpc) is 2.16. The van der Waals surface area contributed by atoms with Gasteiger partial charge in [-0.15, -0.1) is 0 Å². The normalized spacial score (nSPS) is 10.9. The Balaban J connectivity index is 2.56. The summed E-state index contributed by atoms with van der Waals surface area (Å²) in [7, 11) is 0. The minimum Gasteiger partial charge on any atom is -0.475 e. The van der Waals surface area contributed by atoms with E-state index in [1.807, 2.05) is 19.9 Å². The van der Waals surface area contributed by atoms with Gasteiger partial charge in [-0.3, -0.25) is 0 Å². The van der Waals surface area contributed by atoms with E-state index < -0.39 is 0 Å². The SMILES string of the molecule is Cc1ccc2c(OC(C)C)nccc2c1. The van der Waals surface area contributed by atoms with E-state index in [0.29, 0.717) is 0 Å². The van der Waals surface area contributed by atoms with E-state index in [9.17, 15) is 0 Å². The summed E-state index contributed by atoms with van der Waals surface area (Å²) in [6.45, 7) is 6.10. The van der Waals surface area contributed by atoms with Crippen molar-refractivity contribution in [3.8, 4) is 5.88 Å². The molecule has 0 N–H and O–H groups in total. The Labute approximate surface area is 89.9 Å². The van der Waals surface area contributed by atoms with Gasteiger partial charge in [0.2, 0.25) is 5.88 Å². The average molecular weight is 201 g/mol. The Bertz CT molecular complexity index is 477. The number of aryl methyl sites for hydroxylation is 1. The molecule has 0 aliphatic heterocycles. The third-order valence-electron chi connectivity index (χ3n) is 2.23. The van der Waals surface area contributed by atoms with Gasteiger partial charge in [-0.05, 0) is 38.3 Å². The molecular formula is C13H15NO. The maximum absolute atomic E-state index is 5.66. The molecule has 0 atom stereocenters. The van der Waals surface area contributed by atoms with Crippen LogP contribution in [0.4, 0.5) is 0 Å². The number of ether oxygens (including phenoxy) is 1. The highest BCUT2D eigenvalue weighted by atomic mass is 16.5. The number of pyridine rings is 1. The van der Waals surface area contributed by atoms with Crippen molar-refractivity contribution in [1.29, 1.82) is 0 Å². The van der Waals surface area contributed by atoms with Crippen molar-refractivity contribution in [1.82, 2.24) is 4.98 Å². The fourth-order valence-electron chi connectivity index (χ4n) is 1.59. The second-order valence-electron chi connectivity index (χ2n) is 4.01. The Morgan fingerprint density at radius 3 is 2.73 bits per heavy atom. The van der Waals surface area contributed by atoms with Crippen LogP contribution >= 0.6 is 0 Å². The zero-order valence-corrected chi connectivity index (χ0v) is 9.32. The number of hydrogen-bond donors (Lipinski definition) is 0. The maximum Gasteiger partial charge on any atom is 0.221 e. The van der Waals surface area contributed by atoms with Crippen molar-refractivity contribution in [3.63, 3.8) is 0 Å². The fourth-order valence-corrected chi connectivity index (χ4v) is 1.59. The predicted octanol–water partition coefficient (Wildman–Crippen LogP) is 3.33. The van der Waals surface area contributed by atoms with Gasteiger partial charge in [-0.25, -0.2) is 4.98 Å². The zero-order chi connectivity index (χ0) is 10.8. The van der Waals surface area contributed by atoms with E-state index in [-0.39, 0.29) is 6.10 Å². The number of benzene rings is 1. The zero-order valence-electron chi connectivity index (χ0n) is 9.32. The summed E-state index contributed by atoms with van der Waals surface area (Å²) in [5.74, 6) is 0.725. The van der Waals surface area contributed by atoms with Gasteiger partial charge in [-0.2, -0.15) is 0 Å². The summed E-state index contributed by atoms with van der Waals surface area (Å²) in [4.78, 5) is 4.25. The lowest BCUT2D eigenvalue weighted by Crippen LogP contribution is -2.07. The second kappa shape index (κ2) is 3.89. The second-order valence-corrected chi connectivity index (χ2v) is 4.01. The maximum atomic E-state index is 5.66. The summed E-state index contributed by atoms with van der Waals surface area (Å²) in [5, 5.41) is 2.26. The van der Waals surface area contributed by atoms with Gasteiger partial charge < -0.3 is 4.74 Å². The first-order valence-corrected chi connectivity index (χ1v) is 5.19. The molecule has 78 valence electrons. The van der Waals surface area contributed by atoms with E-state index in [1.54, 1.807) is 6.20 Å². The summed E-state index contributed by atoms with van der Waals surface area (Å²) >= 11 is 0. The molecule has 0 bridgehead atoms. The van der Waals surface area contributed by atoms with Crippen molar-refractivity contribution in [2.24, 2.45) is 0 Å². The van der Waals surface area contributed by atoms with Crippen LogP contribution in [0.1, 0.15) is 19.4 Å². The lowest BCUT2D eigenvalue weighted by molar-refractivity contribution is 0.236. The van der Waals surface area contributed by atoms with Crippen molar-refractivity contribution >= 4 is 10.8 Å². The van der Waals surface area contributed by atoms with Crippen molar-refractivity contribution in [2.75, 3.05) is 0 Å². The van der Waals surface area contributed by atoms with Crippen LogP contribution in [-0.4, -0.2) is 11.1 Å². The predicted molar refractivity (Wildman–Crippen MR) is 62.2 cm³/mol. The van der Waals surface area contributed by atoms with Crippen molar-refractivity contribution < 1.29 is 4.74 Å². The molecule has 1 aromatic carbocycles. The summed E-state index contributed by atoms with van der Waals surface area (Å²) in [6.07, 6.45) is 1.95. The fraction of sp³-hybridized carbons (Fsp3) is 0.308. The highest BCUT2D eigenvalue weighted by Crippen LogP contribution is 2.24.